The average Bonchev–Trinajstić information content (AvgIpc) is 2.83. The van der Waals surface area contributed by atoms with Crippen LogP contribution in [0.1, 0.15) is 23.2 Å². The van der Waals surface area contributed by atoms with E-state index in [1.54, 1.807) is 4.90 Å². The van der Waals surface area contributed by atoms with Gasteiger partial charge < -0.3 is 4.90 Å². The highest BCUT2D eigenvalue weighted by molar-refractivity contribution is 8.13. The number of carbonyl (C=O) groups is 1. The minimum absolute atomic E-state index is 0.0651. The molecular weight excluding hydrogens is 333 g/mol. The highest BCUT2D eigenvalue weighted by atomic mass is 35.7. The SMILES string of the molecule is O=C(c1cc(Cl)cc(S(=O)(=O)Cl)c1Cl)N1CCCC1. The van der Waals surface area contributed by atoms with E-state index in [4.69, 9.17) is 33.9 Å². The van der Waals surface area contributed by atoms with Crippen LogP contribution < -0.4 is 0 Å². The van der Waals surface area contributed by atoms with Crippen molar-refractivity contribution in [2.75, 3.05) is 13.1 Å². The zero-order valence-electron chi connectivity index (χ0n) is 9.70. The topological polar surface area (TPSA) is 54.5 Å². The van der Waals surface area contributed by atoms with E-state index in [0.29, 0.717) is 13.1 Å². The number of carbonyl (C=O) groups excluding carboxylic acids is 1. The van der Waals surface area contributed by atoms with Crippen LogP contribution in [0.25, 0.3) is 0 Å². The zero-order valence-corrected chi connectivity index (χ0v) is 12.8. The summed E-state index contributed by atoms with van der Waals surface area (Å²) in [6.07, 6.45) is 1.84. The van der Waals surface area contributed by atoms with Crippen molar-refractivity contribution in [2.24, 2.45) is 0 Å². The van der Waals surface area contributed by atoms with Crippen LogP contribution in [-0.4, -0.2) is 32.3 Å². The molecule has 0 aliphatic carbocycles. The van der Waals surface area contributed by atoms with E-state index in [9.17, 15) is 13.2 Å². The van der Waals surface area contributed by atoms with Gasteiger partial charge in [-0.05, 0) is 25.0 Å². The van der Waals surface area contributed by atoms with Crippen molar-refractivity contribution in [1.82, 2.24) is 4.90 Å². The van der Waals surface area contributed by atoms with Crippen molar-refractivity contribution in [3.63, 3.8) is 0 Å². The second-order valence-corrected chi connectivity index (χ2v) is 7.55. The first kappa shape index (κ1) is 14.9. The highest BCUT2D eigenvalue weighted by Gasteiger charge is 2.26. The van der Waals surface area contributed by atoms with Gasteiger partial charge in [-0.25, -0.2) is 8.42 Å². The molecular formula is C11H10Cl3NO3S. The summed E-state index contributed by atoms with van der Waals surface area (Å²) >= 11 is 11.8. The number of rotatable bonds is 2. The van der Waals surface area contributed by atoms with Gasteiger partial charge in [0.2, 0.25) is 0 Å². The minimum Gasteiger partial charge on any atom is -0.339 e. The summed E-state index contributed by atoms with van der Waals surface area (Å²) in [7, 11) is 1.23. The third-order valence-corrected chi connectivity index (χ3v) is 4.97. The molecule has 0 aromatic heterocycles. The van der Waals surface area contributed by atoms with Crippen LogP contribution in [0.15, 0.2) is 17.0 Å². The molecule has 0 bridgehead atoms. The summed E-state index contributed by atoms with van der Waals surface area (Å²) in [5, 5.41) is -0.0810. The lowest BCUT2D eigenvalue weighted by Gasteiger charge is -2.17. The molecule has 1 fully saturated rings. The van der Waals surface area contributed by atoms with Crippen LogP contribution in [0.5, 0.6) is 0 Å². The van der Waals surface area contributed by atoms with Gasteiger partial charge in [-0.1, -0.05) is 23.2 Å². The van der Waals surface area contributed by atoms with E-state index in [1.807, 2.05) is 0 Å². The second-order valence-electron chi connectivity index (χ2n) is 4.20. The Hall–Kier alpha value is -0.490. The summed E-state index contributed by atoms with van der Waals surface area (Å²) in [5.74, 6) is -0.327. The maximum absolute atomic E-state index is 12.2. The molecule has 0 spiro atoms. The Kier molecular flexibility index (Phi) is 4.30. The van der Waals surface area contributed by atoms with Crippen molar-refractivity contribution < 1.29 is 13.2 Å². The molecule has 4 nitrogen and oxygen atoms in total. The largest absolute Gasteiger partial charge is 0.339 e. The predicted molar refractivity (Wildman–Crippen MR) is 74.6 cm³/mol. The van der Waals surface area contributed by atoms with Gasteiger partial charge in [-0.3, -0.25) is 4.79 Å². The van der Waals surface area contributed by atoms with Crippen molar-refractivity contribution in [3.8, 4) is 0 Å². The van der Waals surface area contributed by atoms with Crippen LogP contribution in [0, 0.1) is 0 Å². The Morgan fingerprint density at radius 2 is 1.74 bits per heavy atom. The summed E-state index contributed by atoms with van der Waals surface area (Å²) in [5.41, 5.74) is 0.0651. The van der Waals surface area contributed by atoms with Gasteiger partial charge in [-0.15, -0.1) is 0 Å². The smallest absolute Gasteiger partial charge is 0.262 e. The van der Waals surface area contributed by atoms with E-state index >= 15 is 0 Å². The van der Waals surface area contributed by atoms with Crippen molar-refractivity contribution in [1.29, 1.82) is 0 Å². The lowest BCUT2D eigenvalue weighted by Crippen LogP contribution is -2.28. The van der Waals surface area contributed by atoms with E-state index < -0.39 is 9.05 Å². The fourth-order valence-electron chi connectivity index (χ4n) is 1.99. The molecule has 0 radical (unpaired) electrons. The van der Waals surface area contributed by atoms with E-state index in [1.165, 1.54) is 6.07 Å². The molecule has 1 aliphatic heterocycles. The molecule has 2 rings (SSSR count). The van der Waals surface area contributed by atoms with Gasteiger partial charge in [0.15, 0.2) is 0 Å². The first-order valence-electron chi connectivity index (χ1n) is 5.53. The summed E-state index contributed by atoms with van der Waals surface area (Å²) < 4.78 is 22.8. The monoisotopic (exact) mass is 341 g/mol. The van der Waals surface area contributed by atoms with Gasteiger partial charge in [0.05, 0.1) is 10.6 Å². The number of likely N-dealkylation sites (tertiary alicyclic amines) is 1. The summed E-state index contributed by atoms with van der Waals surface area (Å²) in [6, 6.07) is 2.49. The Morgan fingerprint density at radius 3 is 2.26 bits per heavy atom. The third-order valence-electron chi connectivity index (χ3n) is 2.89. The molecule has 1 amide bonds. The highest BCUT2D eigenvalue weighted by Crippen LogP contribution is 2.32. The molecule has 1 heterocycles. The molecule has 19 heavy (non-hydrogen) atoms. The first-order chi connectivity index (χ1) is 8.80. The van der Waals surface area contributed by atoms with E-state index in [0.717, 1.165) is 18.9 Å². The maximum Gasteiger partial charge on any atom is 0.262 e. The molecule has 0 saturated carbocycles. The fraction of sp³-hybridized carbons (Fsp3) is 0.364. The van der Waals surface area contributed by atoms with Crippen LogP contribution in [-0.2, 0) is 9.05 Å². The normalized spacial score (nSPS) is 15.8. The number of hydrogen-bond acceptors (Lipinski definition) is 3. The van der Waals surface area contributed by atoms with Gasteiger partial charge in [-0.2, -0.15) is 0 Å². The number of benzene rings is 1. The Labute approximate surface area is 125 Å². The number of halogens is 3. The Bertz CT molecular complexity index is 624. The van der Waals surface area contributed by atoms with Crippen LogP contribution in [0.2, 0.25) is 10.0 Å². The molecule has 1 aromatic carbocycles. The van der Waals surface area contributed by atoms with E-state index in [-0.39, 0.29) is 26.4 Å². The molecule has 1 aliphatic rings. The molecule has 0 atom stereocenters. The Morgan fingerprint density at radius 1 is 1.16 bits per heavy atom. The van der Waals surface area contributed by atoms with Crippen LogP contribution in [0.3, 0.4) is 0 Å². The summed E-state index contributed by atoms with van der Waals surface area (Å²) in [6.45, 7) is 1.26. The molecule has 8 heteroatoms. The van der Waals surface area contributed by atoms with Crippen LogP contribution >= 0.6 is 33.9 Å². The second kappa shape index (κ2) is 5.48. The predicted octanol–water partition coefficient (Wildman–Crippen LogP) is 3.16. The quantitative estimate of drug-likeness (QED) is 0.776. The van der Waals surface area contributed by atoms with Gasteiger partial charge in [0.25, 0.3) is 15.0 Å². The summed E-state index contributed by atoms with van der Waals surface area (Å²) in [4.78, 5) is 13.5. The number of amides is 1. The van der Waals surface area contributed by atoms with Crippen LogP contribution in [0.4, 0.5) is 0 Å². The number of nitrogens with zero attached hydrogens (tertiary/aromatic N) is 1. The zero-order chi connectivity index (χ0) is 14.2. The molecule has 0 unspecified atom stereocenters. The lowest BCUT2D eigenvalue weighted by molar-refractivity contribution is 0.0793. The third kappa shape index (κ3) is 3.16. The molecule has 104 valence electrons. The van der Waals surface area contributed by atoms with Crippen molar-refractivity contribution in [3.05, 3.63) is 27.7 Å². The molecule has 1 saturated heterocycles. The van der Waals surface area contributed by atoms with Crippen molar-refractivity contribution >= 4 is 48.8 Å². The Balaban J connectivity index is 2.52. The molecule has 0 N–H and O–H groups in total. The minimum atomic E-state index is -4.05. The lowest BCUT2D eigenvalue weighted by atomic mass is 10.2. The standard InChI is InChI=1S/C11H10Cl3NO3S/c12-7-5-8(11(16)15-3-1-2-4-15)10(13)9(6-7)19(14,17)18/h5-6H,1-4H2. The maximum atomic E-state index is 12.2. The number of hydrogen-bond donors (Lipinski definition) is 0. The van der Waals surface area contributed by atoms with Gasteiger partial charge >= 0.3 is 0 Å². The first-order valence-corrected chi connectivity index (χ1v) is 8.60. The molecule has 1 aromatic rings. The average molecular weight is 343 g/mol. The van der Waals surface area contributed by atoms with Crippen molar-refractivity contribution in [2.45, 2.75) is 17.7 Å². The fourth-order valence-corrected chi connectivity index (χ4v) is 3.84. The van der Waals surface area contributed by atoms with Gasteiger partial charge in [0, 0.05) is 28.8 Å². The van der Waals surface area contributed by atoms with Gasteiger partial charge in [0.1, 0.15) is 4.90 Å². The van der Waals surface area contributed by atoms with E-state index in [2.05, 4.69) is 0 Å².